The van der Waals surface area contributed by atoms with Gasteiger partial charge >= 0.3 is 0 Å². The molecule has 5 rings (SSSR count). The van der Waals surface area contributed by atoms with Gasteiger partial charge < -0.3 is 15.7 Å². The van der Waals surface area contributed by atoms with Gasteiger partial charge in [-0.2, -0.15) is 5.10 Å². The molecule has 3 aromatic heterocycles. The highest BCUT2D eigenvalue weighted by Crippen LogP contribution is 2.25. The van der Waals surface area contributed by atoms with Crippen LogP contribution in [0.1, 0.15) is 17.1 Å². The Morgan fingerprint density at radius 3 is 2.85 bits per heavy atom. The van der Waals surface area contributed by atoms with Gasteiger partial charge in [-0.05, 0) is 71.3 Å². The van der Waals surface area contributed by atoms with Crippen LogP contribution in [0.2, 0.25) is 0 Å². The largest absolute Gasteiger partial charge is 0.383 e. The smallest absolute Gasteiger partial charge is 0.131 e. The number of nitrogen functional groups attached to an aromatic ring is 1. The molecule has 27 heavy (non-hydrogen) atoms. The van der Waals surface area contributed by atoms with Crippen LogP contribution in [0.5, 0.6) is 0 Å². The van der Waals surface area contributed by atoms with Gasteiger partial charge in [-0.25, -0.2) is 9.67 Å². The number of nitrogens with zero attached hydrogens (tertiary/aromatic N) is 3. The first-order valence-corrected chi connectivity index (χ1v) is 9.50. The lowest BCUT2D eigenvalue weighted by Gasteiger charge is -2.05. The van der Waals surface area contributed by atoms with Crippen molar-refractivity contribution in [2.24, 2.45) is 0 Å². The summed E-state index contributed by atoms with van der Waals surface area (Å²) in [5, 5.41) is 5.58. The molecule has 0 aliphatic rings. The lowest BCUT2D eigenvalue weighted by Crippen LogP contribution is -2.03. The van der Waals surface area contributed by atoms with Gasteiger partial charge in [-0.3, -0.25) is 0 Å². The second-order valence-electron chi connectivity index (χ2n) is 6.42. The number of nitrogens with one attached hydrogen (secondary N) is 2. The number of rotatable bonds is 3. The molecule has 4 N–H and O–H groups in total. The predicted octanol–water partition coefficient (Wildman–Crippen LogP) is 4.20. The number of hydrogen-bond acceptors (Lipinski definition) is 3. The van der Waals surface area contributed by atoms with Crippen LogP contribution in [0.15, 0.2) is 48.7 Å². The van der Waals surface area contributed by atoms with Crippen molar-refractivity contribution in [2.75, 3.05) is 5.73 Å². The molecule has 0 aliphatic carbocycles. The number of aromatic amines is 2. The number of anilines is 1. The fraction of sp³-hybridized carbons (Fsp3) is 0.0500. The lowest BCUT2D eigenvalue weighted by molar-refractivity contribution is 0.892. The maximum absolute atomic E-state index is 6.35. The molecule has 0 bridgehead atoms. The Morgan fingerprint density at radius 1 is 1.07 bits per heavy atom. The van der Waals surface area contributed by atoms with E-state index in [1.54, 1.807) is 10.9 Å². The molecule has 0 aliphatic heterocycles. The third-order valence-electron chi connectivity index (χ3n) is 4.49. The van der Waals surface area contributed by atoms with E-state index in [0.717, 1.165) is 44.7 Å². The van der Waals surface area contributed by atoms with Crippen LogP contribution < -0.4 is 5.73 Å². The maximum atomic E-state index is 6.35. The molecule has 0 atom stereocenters. The fourth-order valence-corrected chi connectivity index (χ4v) is 3.72. The van der Waals surface area contributed by atoms with Crippen molar-refractivity contribution in [1.29, 1.82) is 0 Å². The number of aromatic nitrogens is 5. The average molecular weight is 466 g/mol. The number of nitrogens with two attached hydrogens (primary N) is 1. The summed E-state index contributed by atoms with van der Waals surface area (Å²) in [5.74, 6) is 1.42. The van der Waals surface area contributed by atoms with Gasteiger partial charge in [0.2, 0.25) is 0 Å². The van der Waals surface area contributed by atoms with Crippen molar-refractivity contribution in [2.45, 2.75) is 6.92 Å². The number of H-pyrrole nitrogens is 2. The topological polar surface area (TPSA) is 88.3 Å². The lowest BCUT2D eigenvalue weighted by atomic mass is 10.1. The number of aryl methyl sites for hydroxylation is 1. The van der Waals surface area contributed by atoms with Crippen LogP contribution in [0.25, 0.3) is 27.6 Å². The number of imidazole rings is 1. The van der Waals surface area contributed by atoms with E-state index in [0.29, 0.717) is 5.82 Å². The molecular formula is C20H15IN6. The molecule has 7 heteroatoms. The highest BCUT2D eigenvalue weighted by molar-refractivity contribution is 14.1. The van der Waals surface area contributed by atoms with Crippen molar-refractivity contribution in [3.8, 4) is 5.69 Å². The number of halogens is 1. The summed E-state index contributed by atoms with van der Waals surface area (Å²) in [6.45, 7) is 1.94. The first-order valence-electron chi connectivity index (χ1n) is 8.42. The van der Waals surface area contributed by atoms with E-state index < -0.39 is 0 Å². The number of fused-ring (bicyclic) bond motifs is 2. The molecular weight excluding hydrogens is 451 g/mol. The Hall–Kier alpha value is -2.81. The molecule has 0 saturated carbocycles. The summed E-state index contributed by atoms with van der Waals surface area (Å²) in [6, 6.07) is 14.3. The van der Waals surface area contributed by atoms with E-state index in [1.165, 1.54) is 3.57 Å². The first-order chi connectivity index (χ1) is 13.1. The summed E-state index contributed by atoms with van der Waals surface area (Å²) >= 11 is 2.30. The summed E-state index contributed by atoms with van der Waals surface area (Å²) in [6.07, 6.45) is 5.05. The van der Waals surface area contributed by atoms with Crippen molar-refractivity contribution in [3.05, 3.63) is 75.7 Å². The van der Waals surface area contributed by atoms with E-state index in [9.17, 15) is 0 Å². The van der Waals surface area contributed by atoms with E-state index in [-0.39, 0.29) is 0 Å². The average Bonchev–Trinajstić information content (AvgIpc) is 3.30. The number of benzene rings is 2. The molecule has 132 valence electrons. The summed E-state index contributed by atoms with van der Waals surface area (Å²) in [7, 11) is 0. The Labute approximate surface area is 168 Å². The highest BCUT2D eigenvalue weighted by atomic mass is 127. The molecule has 0 unspecified atom stereocenters. The van der Waals surface area contributed by atoms with Gasteiger partial charge in [0.05, 0.1) is 29.3 Å². The van der Waals surface area contributed by atoms with Crippen LogP contribution >= 0.6 is 22.6 Å². The molecule has 0 spiro atoms. The van der Waals surface area contributed by atoms with Crippen LogP contribution in [-0.2, 0) is 0 Å². The van der Waals surface area contributed by atoms with E-state index in [2.05, 4.69) is 73.3 Å². The predicted molar refractivity (Wildman–Crippen MR) is 115 cm³/mol. The Bertz CT molecular complexity index is 1290. The molecule has 2 radical (unpaired) electrons. The van der Waals surface area contributed by atoms with Crippen molar-refractivity contribution >= 4 is 50.3 Å². The van der Waals surface area contributed by atoms with Crippen LogP contribution in [0.3, 0.4) is 0 Å². The van der Waals surface area contributed by atoms with E-state index in [1.807, 2.05) is 25.1 Å². The summed E-state index contributed by atoms with van der Waals surface area (Å²) in [5.41, 5.74) is 11.8. The maximum Gasteiger partial charge on any atom is 0.131 e. The molecule has 0 amide bonds. The van der Waals surface area contributed by atoms with Gasteiger partial charge in [0.1, 0.15) is 11.6 Å². The minimum Gasteiger partial charge on any atom is -0.383 e. The van der Waals surface area contributed by atoms with Gasteiger partial charge in [-0.15, -0.1) is 0 Å². The second kappa shape index (κ2) is 6.12. The Balaban J connectivity index is 1.49. The molecule has 0 fully saturated rings. The summed E-state index contributed by atoms with van der Waals surface area (Å²) < 4.78 is 2.89. The Morgan fingerprint density at radius 2 is 1.96 bits per heavy atom. The molecule has 0 saturated heterocycles. The SMILES string of the molecule is Cc1nc2cc(-n3ncc([C]c4cc5ccc(I)cc5[nH]4)c3N)ccc2[nH]1. The zero-order valence-corrected chi connectivity index (χ0v) is 16.6. The van der Waals surface area contributed by atoms with Crippen molar-refractivity contribution < 1.29 is 0 Å². The zero-order chi connectivity index (χ0) is 18.5. The number of hydrogen-bond donors (Lipinski definition) is 3. The van der Waals surface area contributed by atoms with Gasteiger partial charge in [0.25, 0.3) is 0 Å². The third-order valence-corrected chi connectivity index (χ3v) is 5.16. The van der Waals surface area contributed by atoms with Gasteiger partial charge in [0.15, 0.2) is 0 Å². The quantitative estimate of drug-likeness (QED) is 0.349. The normalized spacial score (nSPS) is 11.6. The van der Waals surface area contributed by atoms with Crippen LogP contribution in [-0.4, -0.2) is 24.7 Å². The minimum atomic E-state index is 0.537. The van der Waals surface area contributed by atoms with Crippen LogP contribution in [0, 0.1) is 16.9 Å². The Kier molecular flexibility index (Phi) is 3.71. The standard InChI is InChI=1S/C20H15IN6/c1-11-24-17-5-4-16(9-19(17)25-11)27-20(22)13(10-23-27)7-15-6-12-2-3-14(21)8-18(12)26-15/h2-6,8-10,26H,22H2,1H3,(H,24,25). The van der Waals surface area contributed by atoms with Crippen molar-refractivity contribution in [1.82, 2.24) is 24.7 Å². The summed E-state index contributed by atoms with van der Waals surface area (Å²) in [4.78, 5) is 11.1. The minimum absolute atomic E-state index is 0.537. The molecule has 6 nitrogen and oxygen atoms in total. The van der Waals surface area contributed by atoms with Gasteiger partial charge in [0, 0.05) is 20.3 Å². The molecule has 5 aromatic rings. The van der Waals surface area contributed by atoms with E-state index in [4.69, 9.17) is 5.73 Å². The molecule has 3 heterocycles. The first kappa shape index (κ1) is 16.4. The van der Waals surface area contributed by atoms with Crippen LogP contribution in [0.4, 0.5) is 5.82 Å². The van der Waals surface area contributed by atoms with Gasteiger partial charge in [-0.1, -0.05) is 6.07 Å². The molecule has 2 aromatic carbocycles. The second-order valence-corrected chi connectivity index (χ2v) is 7.66. The third kappa shape index (κ3) is 2.87. The van der Waals surface area contributed by atoms with E-state index >= 15 is 0 Å². The highest BCUT2D eigenvalue weighted by Gasteiger charge is 2.13. The van der Waals surface area contributed by atoms with Crippen molar-refractivity contribution in [3.63, 3.8) is 0 Å². The zero-order valence-electron chi connectivity index (χ0n) is 14.4. The monoisotopic (exact) mass is 466 g/mol. The fourth-order valence-electron chi connectivity index (χ4n) is 3.23.